The molecule has 2 fully saturated rings. The summed E-state index contributed by atoms with van der Waals surface area (Å²) in [5, 5.41) is 30.8. The summed E-state index contributed by atoms with van der Waals surface area (Å²) < 4.78 is 17.7. The largest absolute Gasteiger partial charge is 0.668 e. The van der Waals surface area contributed by atoms with Crippen LogP contribution in [-0.4, -0.2) is 64.3 Å². The lowest BCUT2D eigenvalue weighted by atomic mass is 9.58. The number of aliphatic hydroxyl groups excluding tert-OH is 2. The Morgan fingerprint density at radius 2 is 1.79 bits per heavy atom. The minimum absolute atomic E-state index is 0.0103. The summed E-state index contributed by atoms with van der Waals surface area (Å²) in [6, 6.07) is 11.0. The van der Waals surface area contributed by atoms with E-state index in [1.807, 2.05) is 12.3 Å². The quantitative estimate of drug-likeness (QED) is 0.125. The van der Waals surface area contributed by atoms with E-state index >= 15 is 0 Å². The van der Waals surface area contributed by atoms with Gasteiger partial charge in [-0.2, -0.15) is 11.9 Å². The normalized spacial score (nSPS) is 24.1. The molecule has 5 N–H and O–H groups in total. The molecule has 11 heteroatoms. The smallest absolute Gasteiger partial charge is 0.302 e. The molecule has 53 heavy (non-hydrogen) atoms. The first kappa shape index (κ1) is 40.1. The average molecular weight is 733 g/mol. The number of nitrogens with zero attached hydrogens (tertiary/aromatic N) is 2. The van der Waals surface area contributed by atoms with Gasteiger partial charge in [0.1, 0.15) is 24.6 Å². The second-order valence-corrected chi connectivity index (χ2v) is 15.7. The Bertz CT molecular complexity index is 1630. The SMILES string of the molecule is CC(=O)O[C@H](CCc1cc(OCCO)c(O)cc1-c1ccnc(N)c1)C[C@@H](OC(C)=O)[C@@H]1C[C@H](CO)C[C@H]2C[C@H](C1)[C@@H](C(C)C)C[C@@H]2Cc1ccc[n-]1. The van der Waals surface area contributed by atoms with E-state index in [2.05, 4.69) is 29.9 Å². The second kappa shape index (κ2) is 18.8. The summed E-state index contributed by atoms with van der Waals surface area (Å²) in [6.07, 6.45) is 9.19. The number of carbonyl (C=O) groups is 2. The van der Waals surface area contributed by atoms with E-state index in [-0.39, 0.29) is 49.1 Å². The van der Waals surface area contributed by atoms with Crippen molar-refractivity contribution in [3.05, 3.63) is 60.0 Å². The van der Waals surface area contributed by atoms with Crippen LogP contribution in [0.2, 0.25) is 0 Å². The Labute approximate surface area is 313 Å². The van der Waals surface area contributed by atoms with Crippen LogP contribution in [0.5, 0.6) is 11.5 Å². The van der Waals surface area contributed by atoms with Crippen LogP contribution in [0, 0.1) is 41.4 Å². The highest BCUT2D eigenvalue weighted by Crippen LogP contribution is 2.50. The average Bonchev–Trinajstić information content (AvgIpc) is 3.61. The summed E-state index contributed by atoms with van der Waals surface area (Å²) in [7, 11) is 0. The number of benzene rings is 1. The number of aryl methyl sites for hydroxylation is 1. The molecule has 11 nitrogen and oxygen atoms in total. The number of hydrogen-bond acceptors (Lipinski definition) is 10. The monoisotopic (exact) mass is 732 g/mol. The Balaban J connectivity index is 1.40. The third-order valence-electron chi connectivity index (χ3n) is 11.6. The van der Waals surface area contributed by atoms with Gasteiger partial charge < -0.3 is 40.2 Å². The maximum Gasteiger partial charge on any atom is 0.302 e. The molecule has 0 spiro atoms. The fourth-order valence-electron chi connectivity index (χ4n) is 9.29. The van der Waals surface area contributed by atoms with Gasteiger partial charge in [0, 0.05) is 33.1 Å². The van der Waals surface area contributed by atoms with Crippen molar-refractivity contribution in [2.75, 3.05) is 25.6 Å². The number of aliphatic hydroxyl groups is 2. The molecule has 2 bridgehead atoms. The van der Waals surface area contributed by atoms with Crippen LogP contribution < -0.4 is 15.5 Å². The molecule has 0 aliphatic heterocycles. The van der Waals surface area contributed by atoms with Gasteiger partial charge >= 0.3 is 11.9 Å². The van der Waals surface area contributed by atoms with Crippen molar-refractivity contribution in [1.82, 2.24) is 9.97 Å². The molecule has 2 aliphatic carbocycles. The zero-order chi connectivity index (χ0) is 38.1. The highest BCUT2D eigenvalue weighted by Gasteiger charge is 2.44. The van der Waals surface area contributed by atoms with Crippen molar-refractivity contribution in [1.29, 1.82) is 0 Å². The van der Waals surface area contributed by atoms with E-state index in [1.54, 1.807) is 30.5 Å². The Kier molecular flexibility index (Phi) is 14.2. The number of phenolic OH excluding ortho intramolecular Hbond substituents is 1. The van der Waals surface area contributed by atoms with Crippen LogP contribution in [-0.2, 0) is 31.9 Å². The molecular weight excluding hydrogens is 674 g/mol. The fraction of sp³-hybridized carbons (Fsp3) is 0.595. The first-order valence-electron chi connectivity index (χ1n) is 19.3. The fourth-order valence-corrected chi connectivity index (χ4v) is 9.29. The summed E-state index contributed by atoms with van der Waals surface area (Å²) in [5.74, 6) is 2.16. The summed E-state index contributed by atoms with van der Waals surface area (Å²) in [5.41, 5.74) is 9.43. The Morgan fingerprint density at radius 3 is 2.45 bits per heavy atom. The number of esters is 2. The Hall–Kier alpha value is -4.09. The number of carbonyl (C=O) groups excluding carboxylic acids is 2. The molecule has 2 saturated carbocycles. The lowest BCUT2D eigenvalue weighted by Gasteiger charge is -2.48. The van der Waals surface area contributed by atoms with E-state index in [4.69, 9.17) is 19.9 Å². The summed E-state index contributed by atoms with van der Waals surface area (Å²) in [6.45, 7) is 7.29. The number of aromatic nitrogens is 2. The molecule has 3 aromatic rings. The molecule has 0 saturated heterocycles. The number of hydrogen-bond donors (Lipinski definition) is 4. The van der Waals surface area contributed by atoms with Gasteiger partial charge in [-0.3, -0.25) is 9.59 Å². The van der Waals surface area contributed by atoms with Crippen LogP contribution in [0.15, 0.2) is 48.8 Å². The minimum Gasteiger partial charge on any atom is -0.668 e. The van der Waals surface area contributed by atoms with E-state index in [0.717, 1.165) is 60.9 Å². The van der Waals surface area contributed by atoms with Crippen molar-refractivity contribution >= 4 is 17.8 Å². The predicted molar refractivity (Wildman–Crippen MR) is 202 cm³/mol. The van der Waals surface area contributed by atoms with E-state index in [9.17, 15) is 24.9 Å². The van der Waals surface area contributed by atoms with Gasteiger partial charge in [0.15, 0.2) is 11.5 Å². The molecule has 0 radical (unpaired) electrons. The number of nitrogen functional groups attached to an aromatic ring is 1. The highest BCUT2D eigenvalue weighted by atomic mass is 16.6. The van der Waals surface area contributed by atoms with Crippen LogP contribution >= 0.6 is 0 Å². The van der Waals surface area contributed by atoms with Gasteiger partial charge in [-0.25, -0.2) is 4.98 Å². The van der Waals surface area contributed by atoms with Crippen LogP contribution in [0.1, 0.15) is 83.9 Å². The zero-order valence-electron chi connectivity index (χ0n) is 31.7. The lowest BCUT2D eigenvalue weighted by molar-refractivity contribution is -0.157. The first-order valence-corrected chi connectivity index (χ1v) is 19.3. The van der Waals surface area contributed by atoms with Crippen LogP contribution in [0.3, 0.4) is 0 Å². The number of aromatic hydroxyl groups is 1. The van der Waals surface area contributed by atoms with Gasteiger partial charge in [-0.05, 0) is 134 Å². The molecule has 5 rings (SSSR count). The Morgan fingerprint density at radius 1 is 1.00 bits per heavy atom. The maximum absolute atomic E-state index is 12.7. The molecule has 1 aromatic carbocycles. The third-order valence-corrected chi connectivity index (χ3v) is 11.6. The molecule has 0 amide bonds. The van der Waals surface area contributed by atoms with Gasteiger partial charge in [-0.1, -0.05) is 26.0 Å². The van der Waals surface area contributed by atoms with Gasteiger partial charge in [-0.15, -0.1) is 0 Å². The van der Waals surface area contributed by atoms with E-state index in [1.165, 1.54) is 13.8 Å². The van der Waals surface area contributed by atoms with Crippen LogP contribution in [0.4, 0.5) is 5.82 Å². The number of rotatable bonds is 16. The number of nitrogens with two attached hydrogens (primary N) is 1. The lowest BCUT2D eigenvalue weighted by Crippen LogP contribution is -2.42. The number of pyridine rings is 1. The van der Waals surface area contributed by atoms with Crippen molar-refractivity contribution in [3.63, 3.8) is 0 Å². The topological polar surface area (TPSA) is 176 Å². The number of anilines is 1. The highest BCUT2D eigenvalue weighted by molar-refractivity contribution is 5.72. The number of ether oxygens (including phenoxy) is 3. The molecule has 2 heterocycles. The van der Waals surface area contributed by atoms with Gasteiger partial charge in [0.25, 0.3) is 0 Å². The minimum atomic E-state index is -0.581. The van der Waals surface area contributed by atoms with Crippen LogP contribution in [0.25, 0.3) is 11.1 Å². The summed E-state index contributed by atoms with van der Waals surface area (Å²) in [4.78, 5) is 33.9. The van der Waals surface area contributed by atoms with Gasteiger partial charge in [0.05, 0.1) is 6.61 Å². The molecule has 290 valence electrons. The zero-order valence-corrected chi connectivity index (χ0v) is 31.7. The number of fused-ring (bicyclic) bond motifs is 2. The first-order chi connectivity index (χ1) is 25.4. The summed E-state index contributed by atoms with van der Waals surface area (Å²) >= 11 is 0. The third kappa shape index (κ3) is 11.0. The standard InChI is InChI=1S/C42H58N3O8/c1-25(2)37-19-32(18-35-6-5-10-44-35)31-14-28(24-47)15-34(17-33(37)16-31)40(53-27(4)49)22-36(52-26(3)48)8-7-29-20-41(51-13-12-46)39(50)23-38(29)30-9-11-45-42(43)21-30/h5-6,9-11,20-21,23,25,28,31-34,36-37,40,46-47,50H,7-8,12-19,22,24H2,1-4H3,(H2,43,45)/q-1/t28-,31+,32+,33-,34-,36-,37-,40-/m1/s1. The maximum atomic E-state index is 12.7. The van der Waals surface area contributed by atoms with Crippen molar-refractivity contribution in [3.8, 4) is 22.6 Å². The molecule has 8 atom stereocenters. The van der Waals surface area contributed by atoms with Crippen molar-refractivity contribution < 1.29 is 39.1 Å². The molecule has 2 aliphatic rings. The van der Waals surface area contributed by atoms with E-state index in [0.29, 0.717) is 54.7 Å². The molecule has 0 unspecified atom stereocenters. The number of phenols is 1. The van der Waals surface area contributed by atoms with E-state index < -0.39 is 18.2 Å². The van der Waals surface area contributed by atoms with Crippen molar-refractivity contribution in [2.24, 2.45) is 41.4 Å². The molecular formula is C42H58N3O8-. The predicted octanol–water partition coefficient (Wildman–Crippen LogP) is 6.12. The van der Waals surface area contributed by atoms with Crippen molar-refractivity contribution in [2.45, 2.75) is 97.7 Å². The second-order valence-electron chi connectivity index (χ2n) is 15.7. The molecule has 2 aromatic heterocycles. The van der Waals surface area contributed by atoms with Gasteiger partial charge in [0.2, 0.25) is 0 Å².